The first-order valence-electron chi connectivity index (χ1n) is 8.87. The Morgan fingerprint density at radius 1 is 1.00 bits per heavy atom. The number of rotatable bonds is 5. The van der Waals surface area contributed by atoms with Crippen LogP contribution >= 0.6 is 0 Å². The van der Waals surface area contributed by atoms with Gasteiger partial charge >= 0.3 is 0 Å². The zero-order valence-electron chi connectivity index (χ0n) is 15.3. The van der Waals surface area contributed by atoms with Gasteiger partial charge in [0.1, 0.15) is 23.9 Å². The average Bonchev–Trinajstić information content (AvgIpc) is 2.74. The Bertz CT molecular complexity index is 1250. The standard InChI is InChI=1S/C22H17N3O4/c26-16-11-10-15(20(27)12-16)13-23-25-21(14-29-17-6-2-1-3-7-17)24-19-9-5-4-8-18(19)22(25)28/h1-13,26-27H,14H2/b23-13+. The SMILES string of the molecule is O=c1c2ccccc2nc(COc2ccccc2)n1/N=C/c1ccc(O)cc1O. The van der Waals surface area contributed by atoms with Crippen LogP contribution in [0.2, 0.25) is 0 Å². The van der Waals surface area contributed by atoms with Crippen molar-refractivity contribution in [2.45, 2.75) is 6.61 Å². The van der Waals surface area contributed by atoms with Crippen molar-refractivity contribution in [1.29, 1.82) is 0 Å². The lowest BCUT2D eigenvalue weighted by Crippen LogP contribution is -2.23. The van der Waals surface area contributed by atoms with E-state index in [2.05, 4.69) is 10.1 Å². The lowest BCUT2D eigenvalue weighted by Gasteiger charge is -2.11. The molecule has 0 atom stereocenters. The summed E-state index contributed by atoms with van der Waals surface area (Å²) >= 11 is 0. The lowest BCUT2D eigenvalue weighted by molar-refractivity contribution is 0.289. The highest BCUT2D eigenvalue weighted by Crippen LogP contribution is 2.21. The van der Waals surface area contributed by atoms with E-state index >= 15 is 0 Å². The molecule has 4 aromatic rings. The minimum atomic E-state index is -0.350. The molecule has 4 rings (SSSR count). The topological polar surface area (TPSA) is 96.9 Å². The van der Waals surface area contributed by atoms with Crippen LogP contribution < -0.4 is 10.3 Å². The van der Waals surface area contributed by atoms with Crippen molar-refractivity contribution in [1.82, 2.24) is 9.66 Å². The van der Waals surface area contributed by atoms with Gasteiger partial charge in [0.05, 0.1) is 17.1 Å². The number of nitrogens with zero attached hydrogens (tertiary/aromatic N) is 3. The van der Waals surface area contributed by atoms with Crippen LogP contribution in [0.3, 0.4) is 0 Å². The molecule has 0 spiro atoms. The van der Waals surface area contributed by atoms with Crippen molar-refractivity contribution in [3.8, 4) is 17.2 Å². The smallest absolute Gasteiger partial charge is 0.282 e. The number of para-hydroxylation sites is 2. The summed E-state index contributed by atoms with van der Waals surface area (Å²) in [5.74, 6) is 0.729. The van der Waals surface area contributed by atoms with E-state index < -0.39 is 0 Å². The summed E-state index contributed by atoms with van der Waals surface area (Å²) in [4.78, 5) is 17.5. The third-order valence-electron chi connectivity index (χ3n) is 4.26. The van der Waals surface area contributed by atoms with Crippen LogP contribution in [-0.2, 0) is 6.61 Å². The van der Waals surface area contributed by atoms with Crippen LogP contribution in [0.1, 0.15) is 11.4 Å². The van der Waals surface area contributed by atoms with Gasteiger partial charge in [0.25, 0.3) is 5.56 Å². The third kappa shape index (κ3) is 3.93. The maximum atomic E-state index is 13.0. The predicted octanol–water partition coefficient (Wildman–Crippen LogP) is 3.27. The molecule has 0 radical (unpaired) electrons. The van der Waals surface area contributed by atoms with E-state index in [1.807, 2.05) is 18.2 Å². The van der Waals surface area contributed by atoms with Gasteiger partial charge < -0.3 is 14.9 Å². The molecule has 0 amide bonds. The van der Waals surface area contributed by atoms with Gasteiger partial charge in [-0.2, -0.15) is 9.78 Å². The Balaban J connectivity index is 1.76. The van der Waals surface area contributed by atoms with E-state index in [-0.39, 0.29) is 23.7 Å². The maximum absolute atomic E-state index is 13.0. The van der Waals surface area contributed by atoms with E-state index in [4.69, 9.17) is 4.74 Å². The van der Waals surface area contributed by atoms with Crippen LogP contribution in [0.25, 0.3) is 10.9 Å². The van der Waals surface area contributed by atoms with E-state index in [9.17, 15) is 15.0 Å². The van der Waals surface area contributed by atoms with E-state index in [0.29, 0.717) is 28.0 Å². The monoisotopic (exact) mass is 387 g/mol. The zero-order valence-corrected chi connectivity index (χ0v) is 15.3. The fraction of sp³-hybridized carbons (Fsp3) is 0.0455. The summed E-state index contributed by atoms with van der Waals surface area (Å²) in [6.07, 6.45) is 1.33. The van der Waals surface area contributed by atoms with Crippen molar-refractivity contribution in [2.24, 2.45) is 5.10 Å². The summed E-state index contributed by atoms with van der Waals surface area (Å²) in [6, 6.07) is 20.3. The van der Waals surface area contributed by atoms with Gasteiger partial charge in [-0.25, -0.2) is 4.98 Å². The predicted molar refractivity (Wildman–Crippen MR) is 110 cm³/mol. The number of hydrogen-bond acceptors (Lipinski definition) is 6. The highest BCUT2D eigenvalue weighted by atomic mass is 16.5. The second-order valence-electron chi connectivity index (χ2n) is 6.25. The number of fused-ring (bicyclic) bond motifs is 1. The number of ether oxygens (including phenoxy) is 1. The van der Waals surface area contributed by atoms with Gasteiger partial charge in [-0.3, -0.25) is 4.79 Å². The molecular formula is C22H17N3O4. The fourth-order valence-corrected chi connectivity index (χ4v) is 2.81. The molecule has 0 aliphatic heterocycles. The Morgan fingerprint density at radius 3 is 2.55 bits per heavy atom. The molecule has 1 aromatic heterocycles. The summed E-state index contributed by atoms with van der Waals surface area (Å²) in [5.41, 5.74) is 0.539. The number of phenolic OH excluding ortho intramolecular Hbond substituents is 2. The highest BCUT2D eigenvalue weighted by Gasteiger charge is 2.11. The van der Waals surface area contributed by atoms with E-state index in [0.717, 1.165) is 4.68 Å². The van der Waals surface area contributed by atoms with Crippen LogP contribution in [-0.4, -0.2) is 26.1 Å². The second-order valence-corrected chi connectivity index (χ2v) is 6.25. The highest BCUT2D eigenvalue weighted by molar-refractivity contribution is 5.84. The minimum absolute atomic E-state index is 0.0307. The summed E-state index contributed by atoms with van der Waals surface area (Å²) in [7, 11) is 0. The fourth-order valence-electron chi connectivity index (χ4n) is 2.81. The number of aromatic hydroxyl groups is 2. The molecule has 3 aromatic carbocycles. The van der Waals surface area contributed by atoms with Gasteiger partial charge in [-0.05, 0) is 36.4 Å². The Morgan fingerprint density at radius 2 is 1.76 bits per heavy atom. The first-order valence-corrected chi connectivity index (χ1v) is 8.87. The average molecular weight is 387 g/mol. The molecule has 1 heterocycles. The molecule has 0 bridgehead atoms. The van der Waals surface area contributed by atoms with Crippen molar-refractivity contribution < 1.29 is 14.9 Å². The van der Waals surface area contributed by atoms with Gasteiger partial charge in [0.15, 0.2) is 5.82 Å². The number of phenols is 2. The summed E-state index contributed by atoms with van der Waals surface area (Å²) in [6.45, 7) is 0.0307. The van der Waals surface area contributed by atoms with Crippen molar-refractivity contribution in [3.05, 3.63) is 94.5 Å². The molecule has 0 saturated carbocycles. The molecule has 2 N–H and O–H groups in total. The second kappa shape index (κ2) is 7.85. The Hall–Kier alpha value is -4.13. The normalized spacial score (nSPS) is 11.2. The van der Waals surface area contributed by atoms with Crippen LogP contribution in [0.4, 0.5) is 0 Å². The Kier molecular flexibility index (Phi) is 4.94. The first kappa shape index (κ1) is 18.2. The van der Waals surface area contributed by atoms with Crippen LogP contribution in [0.5, 0.6) is 17.2 Å². The van der Waals surface area contributed by atoms with Crippen LogP contribution in [0, 0.1) is 0 Å². The van der Waals surface area contributed by atoms with Gasteiger partial charge in [0.2, 0.25) is 0 Å². The summed E-state index contributed by atoms with van der Waals surface area (Å²) in [5, 5.41) is 24.0. The van der Waals surface area contributed by atoms with Gasteiger partial charge in [-0.15, -0.1) is 0 Å². The molecule has 0 aliphatic rings. The zero-order chi connectivity index (χ0) is 20.2. The Labute approximate surface area is 165 Å². The number of hydrogen-bond donors (Lipinski definition) is 2. The molecule has 7 nitrogen and oxygen atoms in total. The largest absolute Gasteiger partial charge is 0.508 e. The van der Waals surface area contributed by atoms with Gasteiger partial charge in [-0.1, -0.05) is 30.3 Å². The molecule has 0 unspecified atom stereocenters. The molecule has 7 heteroatoms. The number of aromatic nitrogens is 2. The third-order valence-corrected chi connectivity index (χ3v) is 4.26. The maximum Gasteiger partial charge on any atom is 0.282 e. The minimum Gasteiger partial charge on any atom is -0.508 e. The van der Waals surface area contributed by atoms with Gasteiger partial charge in [0, 0.05) is 11.6 Å². The van der Waals surface area contributed by atoms with Crippen molar-refractivity contribution >= 4 is 17.1 Å². The quantitative estimate of drug-likeness (QED) is 0.512. The molecule has 144 valence electrons. The molecule has 0 saturated heterocycles. The first-order chi connectivity index (χ1) is 14.1. The van der Waals surface area contributed by atoms with Crippen LogP contribution in [0.15, 0.2) is 82.7 Å². The molecule has 29 heavy (non-hydrogen) atoms. The molecule has 0 aliphatic carbocycles. The summed E-state index contributed by atoms with van der Waals surface area (Å²) < 4.78 is 6.90. The van der Waals surface area contributed by atoms with E-state index in [1.54, 1.807) is 36.4 Å². The van der Waals surface area contributed by atoms with Crippen molar-refractivity contribution in [3.63, 3.8) is 0 Å². The van der Waals surface area contributed by atoms with E-state index in [1.165, 1.54) is 24.4 Å². The molecular weight excluding hydrogens is 370 g/mol. The molecule has 0 fully saturated rings. The van der Waals surface area contributed by atoms with Crippen molar-refractivity contribution in [2.75, 3.05) is 0 Å². The lowest BCUT2D eigenvalue weighted by atomic mass is 10.2. The number of benzene rings is 3.